The lowest BCUT2D eigenvalue weighted by Gasteiger charge is -2.38. The third-order valence-corrected chi connectivity index (χ3v) is 5.20. The molecule has 112 valence electrons. The first kappa shape index (κ1) is 14.6. The Hall–Kier alpha value is -1.33. The summed E-state index contributed by atoms with van der Waals surface area (Å²) in [5, 5.41) is 11.5. The molecular weight excluding hydrogens is 282 g/mol. The van der Waals surface area contributed by atoms with Gasteiger partial charge in [0.1, 0.15) is 12.1 Å². The summed E-state index contributed by atoms with van der Waals surface area (Å²) >= 11 is 1.73. The molecule has 1 N–H and O–H groups in total. The molecular formula is C16H21N3OS. The molecule has 1 aromatic heterocycles. The summed E-state index contributed by atoms with van der Waals surface area (Å²) in [5.41, 5.74) is 0.484. The number of piperidine rings is 1. The van der Waals surface area contributed by atoms with Crippen LogP contribution in [0.2, 0.25) is 0 Å². The van der Waals surface area contributed by atoms with E-state index in [0.29, 0.717) is 0 Å². The van der Waals surface area contributed by atoms with E-state index in [-0.39, 0.29) is 0 Å². The number of anilines is 1. The molecule has 0 radical (unpaired) electrons. The highest BCUT2D eigenvalue weighted by Gasteiger charge is 2.31. The Morgan fingerprint density at radius 2 is 2.05 bits per heavy atom. The van der Waals surface area contributed by atoms with E-state index in [1.165, 1.54) is 4.90 Å². The van der Waals surface area contributed by atoms with E-state index in [0.717, 1.165) is 49.1 Å². The minimum atomic E-state index is -0.496. The lowest BCUT2D eigenvalue weighted by molar-refractivity contribution is 0.0125. The van der Waals surface area contributed by atoms with Crippen LogP contribution < -0.4 is 4.90 Å². The molecule has 0 aliphatic carbocycles. The fourth-order valence-electron chi connectivity index (χ4n) is 2.89. The number of hydrogen-bond donors (Lipinski definition) is 1. The molecule has 0 unspecified atom stereocenters. The number of nitrogens with zero attached hydrogens (tertiary/aromatic N) is 3. The standard InChI is InChI=1S/C16H21N3OS/c1-3-16(20)6-8-19(9-7-16)15-13-10-12(21-2)4-5-14(13)17-11-18-15/h4-5,10-11,20H,3,6-9H2,1-2H3. The predicted molar refractivity (Wildman–Crippen MR) is 88.0 cm³/mol. The number of thioether (sulfide) groups is 1. The van der Waals surface area contributed by atoms with Gasteiger partial charge in [-0.05, 0) is 43.7 Å². The van der Waals surface area contributed by atoms with Crippen LogP contribution in [-0.4, -0.2) is 40.0 Å². The van der Waals surface area contributed by atoms with Gasteiger partial charge in [0.05, 0.1) is 11.1 Å². The Balaban J connectivity index is 1.94. The monoisotopic (exact) mass is 303 g/mol. The highest BCUT2D eigenvalue weighted by atomic mass is 32.2. The van der Waals surface area contributed by atoms with Crippen LogP contribution in [0.3, 0.4) is 0 Å². The zero-order valence-electron chi connectivity index (χ0n) is 12.5. The molecule has 4 nitrogen and oxygen atoms in total. The fourth-order valence-corrected chi connectivity index (χ4v) is 3.33. The van der Waals surface area contributed by atoms with Crippen LogP contribution in [0.15, 0.2) is 29.4 Å². The van der Waals surface area contributed by atoms with Gasteiger partial charge < -0.3 is 10.0 Å². The molecule has 1 aliphatic rings. The minimum Gasteiger partial charge on any atom is -0.390 e. The number of rotatable bonds is 3. The van der Waals surface area contributed by atoms with Gasteiger partial charge >= 0.3 is 0 Å². The summed E-state index contributed by atoms with van der Waals surface area (Å²) in [4.78, 5) is 12.4. The quantitative estimate of drug-likeness (QED) is 0.883. The molecule has 0 spiro atoms. The van der Waals surface area contributed by atoms with Gasteiger partial charge in [0, 0.05) is 23.4 Å². The Bertz CT molecular complexity index is 638. The van der Waals surface area contributed by atoms with Crippen LogP contribution in [0.5, 0.6) is 0 Å². The molecule has 5 heteroatoms. The second kappa shape index (κ2) is 5.81. The SMILES string of the molecule is CCC1(O)CCN(c2ncnc3ccc(SC)cc23)CC1. The maximum Gasteiger partial charge on any atom is 0.139 e. The smallest absolute Gasteiger partial charge is 0.139 e. The molecule has 1 saturated heterocycles. The van der Waals surface area contributed by atoms with Crippen molar-refractivity contribution in [1.82, 2.24) is 9.97 Å². The summed E-state index contributed by atoms with van der Waals surface area (Å²) in [6, 6.07) is 6.31. The van der Waals surface area contributed by atoms with Crippen molar-refractivity contribution in [2.45, 2.75) is 36.7 Å². The van der Waals surface area contributed by atoms with Crippen LogP contribution in [0.4, 0.5) is 5.82 Å². The molecule has 1 fully saturated rings. The summed E-state index contributed by atoms with van der Waals surface area (Å²) in [6.07, 6.45) is 6.14. The second-order valence-corrected chi connectivity index (χ2v) is 6.52. The van der Waals surface area contributed by atoms with Crippen LogP contribution >= 0.6 is 11.8 Å². The normalized spacial score (nSPS) is 18.1. The number of benzene rings is 1. The largest absolute Gasteiger partial charge is 0.390 e. The average Bonchev–Trinajstić information content (AvgIpc) is 2.54. The van der Waals surface area contributed by atoms with E-state index in [1.807, 2.05) is 0 Å². The molecule has 1 aliphatic heterocycles. The highest BCUT2D eigenvalue weighted by molar-refractivity contribution is 7.98. The number of hydrogen-bond acceptors (Lipinski definition) is 5. The van der Waals surface area contributed by atoms with Crippen molar-refractivity contribution in [1.29, 1.82) is 0 Å². The van der Waals surface area contributed by atoms with E-state index in [9.17, 15) is 5.11 Å². The first-order chi connectivity index (χ1) is 10.1. The third-order valence-electron chi connectivity index (χ3n) is 4.47. The van der Waals surface area contributed by atoms with E-state index in [2.05, 4.69) is 46.2 Å². The van der Waals surface area contributed by atoms with E-state index in [1.54, 1.807) is 18.1 Å². The fraction of sp³-hybridized carbons (Fsp3) is 0.500. The molecule has 1 aromatic carbocycles. The molecule has 2 heterocycles. The lowest BCUT2D eigenvalue weighted by atomic mass is 9.89. The van der Waals surface area contributed by atoms with Crippen LogP contribution in [0.25, 0.3) is 10.9 Å². The van der Waals surface area contributed by atoms with E-state index < -0.39 is 5.60 Å². The first-order valence-corrected chi connectivity index (χ1v) is 8.64. The summed E-state index contributed by atoms with van der Waals surface area (Å²) < 4.78 is 0. The zero-order valence-corrected chi connectivity index (χ0v) is 13.4. The van der Waals surface area contributed by atoms with Gasteiger partial charge in [-0.3, -0.25) is 0 Å². The third kappa shape index (κ3) is 2.85. The van der Waals surface area contributed by atoms with Crippen molar-refractivity contribution in [3.63, 3.8) is 0 Å². The van der Waals surface area contributed by atoms with Gasteiger partial charge in [-0.1, -0.05) is 6.92 Å². The molecule has 0 bridgehead atoms. The Morgan fingerprint density at radius 3 is 2.71 bits per heavy atom. The minimum absolute atomic E-state index is 0.496. The van der Waals surface area contributed by atoms with Gasteiger partial charge in [-0.15, -0.1) is 11.8 Å². The first-order valence-electron chi connectivity index (χ1n) is 7.41. The Morgan fingerprint density at radius 1 is 1.29 bits per heavy atom. The van der Waals surface area contributed by atoms with Crippen LogP contribution in [0.1, 0.15) is 26.2 Å². The maximum atomic E-state index is 10.4. The van der Waals surface area contributed by atoms with Crippen molar-refractivity contribution in [2.24, 2.45) is 0 Å². The van der Waals surface area contributed by atoms with Crippen molar-refractivity contribution in [3.8, 4) is 0 Å². The molecule has 0 amide bonds. The summed E-state index contributed by atoms with van der Waals surface area (Å²) in [5.74, 6) is 0.994. The number of aliphatic hydroxyl groups is 1. The zero-order chi connectivity index (χ0) is 14.9. The molecule has 0 saturated carbocycles. The van der Waals surface area contributed by atoms with Crippen molar-refractivity contribution in [3.05, 3.63) is 24.5 Å². The second-order valence-electron chi connectivity index (χ2n) is 5.65. The topological polar surface area (TPSA) is 49.2 Å². The van der Waals surface area contributed by atoms with Crippen molar-refractivity contribution in [2.75, 3.05) is 24.2 Å². The number of fused-ring (bicyclic) bond motifs is 1. The average molecular weight is 303 g/mol. The molecule has 21 heavy (non-hydrogen) atoms. The maximum absolute atomic E-state index is 10.4. The summed E-state index contributed by atoms with van der Waals surface area (Å²) in [7, 11) is 0. The Labute approximate surface area is 129 Å². The van der Waals surface area contributed by atoms with Crippen molar-refractivity contribution >= 4 is 28.5 Å². The van der Waals surface area contributed by atoms with E-state index in [4.69, 9.17) is 0 Å². The lowest BCUT2D eigenvalue weighted by Crippen LogP contribution is -2.44. The Kier molecular flexibility index (Phi) is 4.04. The van der Waals surface area contributed by atoms with Gasteiger partial charge in [-0.25, -0.2) is 9.97 Å². The molecule has 2 aromatic rings. The van der Waals surface area contributed by atoms with Crippen LogP contribution in [-0.2, 0) is 0 Å². The van der Waals surface area contributed by atoms with Gasteiger partial charge in [0.2, 0.25) is 0 Å². The van der Waals surface area contributed by atoms with Gasteiger partial charge in [-0.2, -0.15) is 0 Å². The van der Waals surface area contributed by atoms with Gasteiger partial charge in [0.15, 0.2) is 0 Å². The highest BCUT2D eigenvalue weighted by Crippen LogP contribution is 2.32. The molecule has 0 atom stereocenters. The number of aromatic nitrogens is 2. The predicted octanol–water partition coefficient (Wildman–Crippen LogP) is 3.09. The van der Waals surface area contributed by atoms with Crippen LogP contribution in [0, 0.1) is 0 Å². The van der Waals surface area contributed by atoms with E-state index >= 15 is 0 Å². The molecule has 3 rings (SSSR count). The summed E-state index contributed by atoms with van der Waals surface area (Å²) in [6.45, 7) is 3.75. The van der Waals surface area contributed by atoms with Gasteiger partial charge in [0.25, 0.3) is 0 Å². The van der Waals surface area contributed by atoms with Crippen molar-refractivity contribution < 1.29 is 5.11 Å².